The number of sulfonamides is 1. The number of carboxylic acid groups (broad SMARTS) is 1. The van der Waals surface area contributed by atoms with E-state index in [1.54, 1.807) is 12.1 Å². The van der Waals surface area contributed by atoms with Crippen molar-refractivity contribution in [1.82, 2.24) is 15.2 Å². The molecule has 4 N–H and O–H groups in total. The van der Waals surface area contributed by atoms with Gasteiger partial charge in [0.25, 0.3) is 12.4 Å². The first-order valence-corrected chi connectivity index (χ1v) is 14.9. The van der Waals surface area contributed by atoms with Crippen molar-refractivity contribution in [3.63, 3.8) is 0 Å². The average molecular weight is 583 g/mol. The highest BCUT2D eigenvalue weighted by Crippen LogP contribution is 2.36. The van der Waals surface area contributed by atoms with Crippen LogP contribution in [-0.4, -0.2) is 72.6 Å². The van der Waals surface area contributed by atoms with Crippen molar-refractivity contribution < 1.29 is 28.2 Å². The molecule has 0 saturated heterocycles. The molecule has 0 bridgehead atoms. The molecule has 2 aromatic carbocycles. The largest absolute Gasteiger partial charge is 0.483 e. The third-order valence-corrected chi connectivity index (χ3v) is 8.97. The van der Waals surface area contributed by atoms with E-state index in [0.29, 0.717) is 30.6 Å². The van der Waals surface area contributed by atoms with Gasteiger partial charge in [0.1, 0.15) is 0 Å². The quantitative estimate of drug-likeness (QED) is 0.224. The van der Waals surface area contributed by atoms with Crippen LogP contribution in [0.2, 0.25) is 0 Å². The summed E-state index contributed by atoms with van der Waals surface area (Å²) in [5, 5.41) is 25.0. The Bertz CT molecular complexity index is 1530. The van der Waals surface area contributed by atoms with E-state index < -0.39 is 27.7 Å². The highest BCUT2D eigenvalue weighted by molar-refractivity contribution is 7.92. The van der Waals surface area contributed by atoms with E-state index in [1.807, 2.05) is 61.9 Å². The molecule has 2 heterocycles. The van der Waals surface area contributed by atoms with Crippen LogP contribution < -0.4 is 14.9 Å². The molecule has 1 aliphatic heterocycles. The summed E-state index contributed by atoms with van der Waals surface area (Å²) in [6.07, 6.45) is 7.46. The van der Waals surface area contributed by atoms with Crippen LogP contribution in [-0.2, 0) is 34.2 Å². The van der Waals surface area contributed by atoms with Gasteiger partial charge in [0.05, 0.1) is 34.6 Å². The maximum absolute atomic E-state index is 13.6. The zero-order valence-corrected chi connectivity index (χ0v) is 24.6. The third-order valence-electron chi connectivity index (χ3n) is 7.22. The molecule has 0 fully saturated rings. The lowest BCUT2D eigenvalue weighted by atomic mass is 9.99. The Morgan fingerprint density at radius 1 is 1.24 bits per heavy atom. The molecule has 41 heavy (non-hydrogen) atoms. The summed E-state index contributed by atoms with van der Waals surface area (Å²) >= 11 is 0. The Hall–Kier alpha value is -3.85. The number of aliphatic hydroxyl groups is 1. The summed E-state index contributed by atoms with van der Waals surface area (Å²) < 4.78 is 29.0. The number of anilines is 1. The lowest BCUT2D eigenvalue weighted by molar-refractivity contribution is -0.122. The molecular formula is C30H38N4O6S. The maximum atomic E-state index is 13.6. The predicted molar refractivity (Wildman–Crippen MR) is 161 cm³/mol. The Morgan fingerprint density at radius 2 is 1.90 bits per heavy atom. The molecule has 0 saturated carbocycles. The van der Waals surface area contributed by atoms with Crippen LogP contribution in [0.25, 0.3) is 10.9 Å². The van der Waals surface area contributed by atoms with Crippen molar-refractivity contribution in [2.24, 2.45) is 0 Å². The van der Waals surface area contributed by atoms with Crippen molar-refractivity contribution in [3.8, 4) is 12.3 Å². The molecular weight excluding hydrogens is 544 g/mol. The smallest absolute Gasteiger partial charge is 0.290 e. The van der Waals surface area contributed by atoms with Gasteiger partial charge in [-0.2, -0.15) is 0 Å². The molecule has 2 atom stereocenters. The van der Waals surface area contributed by atoms with Gasteiger partial charge < -0.3 is 20.1 Å². The first kappa shape index (κ1) is 31.7. The molecule has 0 radical (unpaired) electrons. The van der Waals surface area contributed by atoms with Crippen LogP contribution in [0.1, 0.15) is 42.3 Å². The van der Waals surface area contributed by atoms with Crippen molar-refractivity contribution in [1.29, 1.82) is 0 Å². The van der Waals surface area contributed by atoms with E-state index in [-0.39, 0.29) is 24.7 Å². The van der Waals surface area contributed by atoms with Crippen LogP contribution in [0.4, 0.5) is 5.69 Å². The topological polar surface area (TPSA) is 141 Å². The number of benzene rings is 2. The molecule has 220 valence electrons. The van der Waals surface area contributed by atoms with Gasteiger partial charge >= 0.3 is 0 Å². The summed E-state index contributed by atoms with van der Waals surface area (Å²) in [4.78, 5) is 22.0. The van der Waals surface area contributed by atoms with Gasteiger partial charge in [-0.3, -0.25) is 19.2 Å². The second-order valence-electron chi connectivity index (χ2n) is 10.5. The van der Waals surface area contributed by atoms with Crippen LogP contribution in [0.3, 0.4) is 0 Å². The second kappa shape index (κ2) is 13.2. The minimum atomic E-state index is -3.52. The zero-order chi connectivity index (χ0) is 30.4. The van der Waals surface area contributed by atoms with Gasteiger partial charge in [-0.05, 0) is 56.9 Å². The van der Waals surface area contributed by atoms with Crippen molar-refractivity contribution in [2.45, 2.75) is 57.8 Å². The van der Waals surface area contributed by atoms with Crippen molar-refractivity contribution in [2.75, 3.05) is 23.7 Å². The third kappa shape index (κ3) is 7.47. The molecule has 3 aromatic rings. The maximum Gasteiger partial charge on any atom is 0.290 e. The molecule has 0 aliphatic carbocycles. The number of aromatic nitrogens is 1. The van der Waals surface area contributed by atoms with Gasteiger partial charge in [-0.15, -0.1) is 6.42 Å². The summed E-state index contributed by atoms with van der Waals surface area (Å²) in [7, 11) is -1.98. The number of carbonyl (C=O) groups is 2. The Morgan fingerprint density at radius 3 is 2.51 bits per heavy atom. The zero-order valence-electron chi connectivity index (χ0n) is 23.8. The van der Waals surface area contributed by atoms with Crippen molar-refractivity contribution >= 4 is 39.0 Å². The van der Waals surface area contributed by atoms with Crippen LogP contribution in [0.15, 0.2) is 48.7 Å². The molecule has 4 rings (SSSR count). The number of aliphatic hydroxyl groups excluding tert-OH is 1. The lowest BCUT2D eigenvalue weighted by Gasteiger charge is -2.28. The molecule has 0 unspecified atom stereocenters. The standard InChI is InChI=1S/C29H36N4O4S.CH2O2/c1-6-29(3,4)30-18-26(34)23(15-20-11-9-8-10-12-20)31-28(35)22-16-24-27-21(13-14-38(36,37)32(24)5)19-33(7-2)25(27)17-22;2-1-3/h1,8-12,16-17,19,23,26,30,34H,7,13-15,18H2,2-5H3,(H,31,35);1H,(H,2,3)/t23-,26+;/m0./s1. The number of nitrogens with one attached hydrogen (secondary N) is 2. The number of β-amino-alcohol motifs (C(OH)–C–C–N with tert-alkyl or cyclic N) is 1. The predicted octanol–water partition coefficient (Wildman–Crippen LogP) is 2.39. The Labute approximate surface area is 241 Å². The molecule has 1 amide bonds. The number of nitrogens with zero attached hydrogens (tertiary/aromatic N) is 2. The molecule has 11 heteroatoms. The second-order valence-corrected chi connectivity index (χ2v) is 12.6. The number of hydrogen-bond acceptors (Lipinski definition) is 6. The highest BCUT2D eigenvalue weighted by Gasteiger charge is 2.30. The van der Waals surface area contributed by atoms with Crippen LogP contribution >= 0.6 is 0 Å². The summed E-state index contributed by atoms with van der Waals surface area (Å²) in [5.41, 5.74) is 2.93. The molecule has 0 spiro atoms. The number of rotatable bonds is 9. The summed E-state index contributed by atoms with van der Waals surface area (Å²) in [5.74, 6) is 2.27. The fourth-order valence-electron chi connectivity index (χ4n) is 4.80. The minimum Gasteiger partial charge on any atom is -0.483 e. The molecule has 10 nitrogen and oxygen atoms in total. The first-order valence-electron chi connectivity index (χ1n) is 13.3. The highest BCUT2D eigenvalue weighted by atomic mass is 32.2. The fraction of sp³-hybridized carbons (Fsp3) is 0.400. The number of hydrogen-bond donors (Lipinski definition) is 4. The van der Waals surface area contributed by atoms with E-state index in [9.17, 15) is 18.3 Å². The van der Waals surface area contributed by atoms with Crippen LogP contribution in [0, 0.1) is 12.3 Å². The number of terminal acetylenes is 1. The van der Waals surface area contributed by atoms with Gasteiger partial charge in [-0.1, -0.05) is 36.3 Å². The Balaban J connectivity index is 0.00000147. The van der Waals surface area contributed by atoms with E-state index in [0.717, 1.165) is 22.0 Å². The number of amides is 1. The van der Waals surface area contributed by atoms with Crippen LogP contribution in [0.5, 0.6) is 0 Å². The fourth-order valence-corrected chi connectivity index (χ4v) is 6.00. The normalized spacial score (nSPS) is 15.6. The Kier molecular flexibility index (Phi) is 10.2. The van der Waals surface area contributed by atoms with Gasteiger partial charge in [0.2, 0.25) is 10.0 Å². The average Bonchev–Trinajstić information content (AvgIpc) is 3.28. The van der Waals surface area contributed by atoms with Gasteiger partial charge in [0.15, 0.2) is 0 Å². The number of carbonyl (C=O) groups excluding carboxylic acids is 1. The summed E-state index contributed by atoms with van der Waals surface area (Å²) in [6, 6.07) is 12.4. The first-order chi connectivity index (χ1) is 19.4. The number of aryl methyl sites for hydroxylation is 2. The monoisotopic (exact) mass is 582 g/mol. The van der Waals surface area contributed by atoms with E-state index in [4.69, 9.17) is 16.3 Å². The lowest BCUT2D eigenvalue weighted by Crippen LogP contribution is -2.51. The summed E-state index contributed by atoms with van der Waals surface area (Å²) in [6.45, 7) is 6.32. The minimum absolute atomic E-state index is 0.00881. The SMILES string of the molecule is C#CC(C)(C)NC[C@@H](O)[C@H](Cc1ccccc1)NC(=O)c1cc2c3c(cn(CC)c3c1)CCS(=O)(=O)N2C.O=CO. The van der Waals surface area contributed by atoms with Gasteiger partial charge in [-0.25, -0.2) is 8.42 Å². The molecule has 1 aliphatic rings. The van der Waals surface area contributed by atoms with E-state index >= 15 is 0 Å². The van der Waals surface area contributed by atoms with E-state index in [2.05, 4.69) is 16.6 Å². The molecule has 1 aromatic heterocycles. The van der Waals surface area contributed by atoms with Crippen molar-refractivity contribution in [3.05, 3.63) is 65.4 Å². The van der Waals surface area contributed by atoms with Gasteiger partial charge in [0, 0.05) is 37.3 Å². The van der Waals surface area contributed by atoms with E-state index in [1.165, 1.54) is 11.4 Å².